The molecule has 7 heteroatoms. The lowest BCUT2D eigenvalue weighted by molar-refractivity contribution is -0.385. The Labute approximate surface area is 125 Å². The Morgan fingerprint density at radius 1 is 1.29 bits per heavy atom. The number of aryl methyl sites for hydroxylation is 2. The third-order valence-electron chi connectivity index (χ3n) is 2.94. The predicted octanol–water partition coefficient (Wildman–Crippen LogP) is 3.51. The van der Waals surface area contributed by atoms with Gasteiger partial charge in [0.25, 0.3) is 11.6 Å². The number of hydrogen-bond donors (Lipinski definition) is 1. The van der Waals surface area contributed by atoms with E-state index < -0.39 is 10.8 Å². The van der Waals surface area contributed by atoms with Gasteiger partial charge in [0.2, 0.25) is 0 Å². The van der Waals surface area contributed by atoms with E-state index in [9.17, 15) is 14.9 Å². The molecule has 0 aliphatic rings. The first-order valence-electron chi connectivity index (χ1n) is 6.07. The van der Waals surface area contributed by atoms with Crippen molar-refractivity contribution in [1.29, 1.82) is 0 Å². The summed E-state index contributed by atoms with van der Waals surface area (Å²) in [6.07, 6.45) is 1.42. The minimum atomic E-state index is -0.484. The van der Waals surface area contributed by atoms with Crippen molar-refractivity contribution in [2.45, 2.75) is 13.8 Å². The van der Waals surface area contributed by atoms with Crippen LogP contribution < -0.4 is 5.32 Å². The second-order valence-corrected chi connectivity index (χ2v) is 4.96. The molecule has 1 heterocycles. The maximum absolute atomic E-state index is 12.1. The van der Waals surface area contributed by atoms with Crippen LogP contribution in [0.1, 0.15) is 21.6 Å². The molecule has 0 aliphatic carbocycles. The van der Waals surface area contributed by atoms with Crippen LogP contribution in [0.2, 0.25) is 5.02 Å². The number of rotatable bonds is 3. The van der Waals surface area contributed by atoms with Crippen molar-refractivity contribution in [1.82, 2.24) is 4.98 Å². The van der Waals surface area contributed by atoms with E-state index in [1.807, 2.05) is 0 Å². The lowest BCUT2D eigenvalue weighted by atomic mass is 10.1. The zero-order chi connectivity index (χ0) is 15.6. The molecule has 108 valence electrons. The third kappa shape index (κ3) is 3.35. The van der Waals surface area contributed by atoms with E-state index in [0.29, 0.717) is 16.3 Å². The van der Waals surface area contributed by atoms with Crippen molar-refractivity contribution in [2.75, 3.05) is 5.32 Å². The summed E-state index contributed by atoms with van der Waals surface area (Å²) in [5.41, 5.74) is 1.74. The fraction of sp³-hybridized carbons (Fsp3) is 0.143. The van der Waals surface area contributed by atoms with Crippen molar-refractivity contribution in [3.05, 3.63) is 62.4 Å². The molecule has 2 aromatic rings. The summed E-state index contributed by atoms with van der Waals surface area (Å²) in [6.45, 7) is 3.41. The summed E-state index contributed by atoms with van der Waals surface area (Å²) in [7, 11) is 0. The lowest BCUT2D eigenvalue weighted by Crippen LogP contribution is -2.14. The Morgan fingerprint density at radius 3 is 2.62 bits per heavy atom. The number of amides is 1. The van der Waals surface area contributed by atoms with Gasteiger partial charge in [0.15, 0.2) is 0 Å². The van der Waals surface area contributed by atoms with Gasteiger partial charge in [-0.15, -0.1) is 0 Å². The molecule has 0 saturated carbocycles. The van der Waals surface area contributed by atoms with Crippen LogP contribution in [0.5, 0.6) is 0 Å². The number of carbonyl (C=O) groups is 1. The highest BCUT2D eigenvalue weighted by Gasteiger charge is 2.16. The van der Waals surface area contributed by atoms with Crippen LogP contribution in [0.3, 0.4) is 0 Å². The molecule has 0 fully saturated rings. The van der Waals surface area contributed by atoms with Crippen molar-refractivity contribution in [3.63, 3.8) is 0 Å². The molecule has 21 heavy (non-hydrogen) atoms. The van der Waals surface area contributed by atoms with Crippen LogP contribution in [0.4, 0.5) is 11.4 Å². The molecule has 0 radical (unpaired) electrons. The van der Waals surface area contributed by atoms with Crippen molar-refractivity contribution >= 4 is 28.9 Å². The number of nitrogens with zero attached hydrogens (tertiary/aromatic N) is 2. The Bertz CT molecular complexity index is 731. The number of pyridine rings is 1. The Hall–Kier alpha value is -2.47. The smallest absolute Gasteiger partial charge is 0.274 e. The molecule has 0 bridgehead atoms. The summed E-state index contributed by atoms with van der Waals surface area (Å²) in [5.74, 6) is -0.473. The Balaban J connectivity index is 2.33. The molecule has 0 unspecified atom stereocenters. The highest BCUT2D eigenvalue weighted by Crippen LogP contribution is 2.26. The molecule has 1 aromatic carbocycles. The van der Waals surface area contributed by atoms with Crippen LogP contribution in [0.15, 0.2) is 30.5 Å². The van der Waals surface area contributed by atoms with Crippen molar-refractivity contribution in [3.8, 4) is 0 Å². The van der Waals surface area contributed by atoms with Crippen LogP contribution in [-0.4, -0.2) is 15.8 Å². The number of carbonyl (C=O) groups excluding carboxylic acids is 1. The molecule has 0 spiro atoms. The van der Waals surface area contributed by atoms with Crippen molar-refractivity contribution in [2.24, 2.45) is 0 Å². The quantitative estimate of drug-likeness (QED) is 0.694. The molecular formula is C14H12ClN3O3. The minimum absolute atomic E-state index is 0.0463. The normalized spacial score (nSPS) is 10.2. The number of halogens is 1. The first-order chi connectivity index (χ1) is 9.88. The average molecular weight is 306 g/mol. The fourth-order valence-corrected chi connectivity index (χ4v) is 2.05. The van der Waals surface area contributed by atoms with Gasteiger partial charge in [0, 0.05) is 22.8 Å². The largest absolute Gasteiger partial charge is 0.320 e. The average Bonchev–Trinajstić information content (AvgIpc) is 2.41. The molecule has 1 N–H and O–H groups in total. The van der Waals surface area contributed by atoms with Crippen LogP contribution in [0.25, 0.3) is 0 Å². The number of aromatic nitrogens is 1. The number of nitro benzene ring substituents is 1. The fourth-order valence-electron chi connectivity index (χ4n) is 1.89. The van der Waals surface area contributed by atoms with Crippen molar-refractivity contribution < 1.29 is 9.72 Å². The SMILES string of the molecule is Cc1cc(C)c([N+](=O)[O-])cc1NC(=O)c1cc(Cl)ccn1. The number of hydrogen-bond acceptors (Lipinski definition) is 4. The van der Waals surface area contributed by atoms with E-state index in [2.05, 4.69) is 10.3 Å². The Kier molecular flexibility index (Phi) is 4.18. The van der Waals surface area contributed by atoms with Gasteiger partial charge in [-0.1, -0.05) is 11.6 Å². The predicted molar refractivity (Wildman–Crippen MR) is 79.8 cm³/mol. The molecule has 0 atom stereocenters. The third-order valence-corrected chi connectivity index (χ3v) is 3.18. The van der Waals surface area contributed by atoms with Gasteiger partial charge in [-0.05, 0) is 37.6 Å². The second-order valence-electron chi connectivity index (χ2n) is 4.52. The zero-order valence-electron chi connectivity index (χ0n) is 11.4. The maximum Gasteiger partial charge on any atom is 0.274 e. The molecule has 0 saturated heterocycles. The Morgan fingerprint density at radius 2 is 2.00 bits per heavy atom. The zero-order valence-corrected chi connectivity index (χ0v) is 12.1. The van der Waals surface area contributed by atoms with Crippen LogP contribution >= 0.6 is 11.6 Å². The first-order valence-corrected chi connectivity index (χ1v) is 6.45. The molecule has 1 amide bonds. The van der Waals surface area contributed by atoms with E-state index in [0.717, 1.165) is 5.56 Å². The van der Waals surface area contributed by atoms with E-state index in [1.165, 1.54) is 18.3 Å². The van der Waals surface area contributed by atoms with Gasteiger partial charge < -0.3 is 5.32 Å². The summed E-state index contributed by atoms with van der Waals surface area (Å²) in [5, 5.41) is 14.0. The molecule has 6 nitrogen and oxygen atoms in total. The van der Waals surface area contributed by atoms with Crippen LogP contribution in [0, 0.1) is 24.0 Å². The van der Waals surface area contributed by atoms with Crippen LogP contribution in [-0.2, 0) is 0 Å². The van der Waals surface area contributed by atoms with E-state index in [4.69, 9.17) is 11.6 Å². The summed E-state index contributed by atoms with van der Waals surface area (Å²) in [6, 6.07) is 5.97. The monoisotopic (exact) mass is 305 g/mol. The lowest BCUT2D eigenvalue weighted by Gasteiger charge is -2.09. The van der Waals surface area contributed by atoms with Gasteiger partial charge >= 0.3 is 0 Å². The van der Waals surface area contributed by atoms with E-state index in [1.54, 1.807) is 26.0 Å². The van der Waals surface area contributed by atoms with Gasteiger partial charge in [-0.2, -0.15) is 0 Å². The van der Waals surface area contributed by atoms with E-state index >= 15 is 0 Å². The summed E-state index contributed by atoms with van der Waals surface area (Å²) < 4.78 is 0. The van der Waals surface area contributed by atoms with E-state index in [-0.39, 0.29) is 11.4 Å². The standard InChI is InChI=1S/C14H12ClN3O3/c1-8-5-9(2)13(18(20)21)7-11(8)17-14(19)12-6-10(15)3-4-16-12/h3-7H,1-2H3,(H,17,19). The number of nitro groups is 1. The first kappa shape index (κ1) is 14.9. The second kappa shape index (κ2) is 5.88. The highest BCUT2D eigenvalue weighted by atomic mass is 35.5. The van der Waals surface area contributed by atoms with Gasteiger partial charge in [0.05, 0.1) is 10.6 Å². The highest BCUT2D eigenvalue weighted by molar-refractivity contribution is 6.30. The number of benzene rings is 1. The topological polar surface area (TPSA) is 85.1 Å². The number of anilines is 1. The van der Waals surface area contributed by atoms with Gasteiger partial charge in [-0.3, -0.25) is 19.9 Å². The molecular weight excluding hydrogens is 294 g/mol. The maximum atomic E-state index is 12.1. The summed E-state index contributed by atoms with van der Waals surface area (Å²) >= 11 is 5.80. The molecule has 1 aromatic heterocycles. The molecule has 0 aliphatic heterocycles. The van der Waals surface area contributed by atoms with Gasteiger partial charge in [0.1, 0.15) is 5.69 Å². The number of nitrogens with one attached hydrogen (secondary N) is 1. The van der Waals surface area contributed by atoms with Gasteiger partial charge in [-0.25, -0.2) is 0 Å². The summed E-state index contributed by atoms with van der Waals surface area (Å²) in [4.78, 5) is 26.5. The minimum Gasteiger partial charge on any atom is -0.320 e. The molecule has 2 rings (SSSR count).